The largest absolute Gasteiger partial charge is 0.497 e. The number of rotatable bonds is 8. The Labute approximate surface area is 174 Å². The van der Waals surface area contributed by atoms with E-state index in [1.165, 1.54) is 0 Å². The molecule has 2 unspecified atom stereocenters. The van der Waals surface area contributed by atoms with Gasteiger partial charge < -0.3 is 19.9 Å². The van der Waals surface area contributed by atoms with Crippen molar-refractivity contribution in [3.8, 4) is 5.75 Å². The molecule has 29 heavy (non-hydrogen) atoms. The second kappa shape index (κ2) is 10.1. The van der Waals surface area contributed by atoms with Crippen LogP contribution < -0.4 is 10.1 Å². The Morgan fingerprint density at radius 1 is 1.17 bits per heavy atom. The molecule has 2 amide bonds. The number of piperidine rings is 1. The van der Waals surface area contributed by atoms with Crippen LogP contribution in [0.5, 0.6) is 5.75 Å². The SMILES string of the molecule is CCCCN1C(=O)CC(C(=O)NC2CCN(CC)CC2)C1c1ccc(OC)cc1. The van der Waals surface area contributed by atoms with Gasteiger partial charge in [0.2, 0.25) is 11.8 Å². The summed E-state index contributed by atoms with van der Waals surface area (Å²) in [5.74, 6) is 0.548. The Bertz CT molecular complexity index is 683. The van der Waals surface area contributed by atoms with Crippen molar-refractivity contribution < 1.29 is 14.3 Å². The van der Waals surface area contributed by atoms with E-state index in [1.807, 2.05) is 29.2 Å². The molecule has 0 aromatic heterocycles. The second-order valence-electron chi connectivity index (χ2n) is 8.19. The van der Waals surface area contributed by atoms with Crippen molar-refractivity contribution in [3.63, 3.8) is 0 Å². The molecule has 2 fully saturated rings. The smallest absolute Gasteiger partial charge is 0.226 e. The van der Waals surface area contributed by atoms with Crippen LogP contribution >= 0.6 is 0 Å². The van der Waals surface area contributed by atoms with Gasteiger partial charge in [0.15, 0.2) is 0 Å². The highest BCUT2D eigenvalue weighted by Gasteiger charge is 2.44. The van der Waals surface area contributed by atoms with Crippen LogP contribution in [0.15, 0.2) is 24.3 Å². The van der Waals surface area contributed by atoms with Gasteiger partial charge in [-0.05, 0) is 43.5 Å². The van der Waals surface area contributed by atoms with E-state index >= 15 is 0 Å². The first kappa shape index (κ1) is 21.6. The minimum atomic E-state index is -0.336. The summed E-state index contributed by atoms with van der Waals surface area (Å²) in [4.78, 5) is 30.3. The van der Waals surface area contributed by atoms with Crippen molar-refractivity contribution in [1.82, 2.24) is 15.1 Å². The van der Waals surface area contributed by atoms with Crippen LogP contribution in [0.4, 0.5) is 0 Å². The zero-order chi connectivity index (χ0) is 20.8. The zero-order valence-electron chi connectivity index (χ0n) is 18.0. The van der Waals surface area contributed by atoms with Crippen LogP contribution in [0.1, 0.15) is 57.6 Å². The summed E-state index contributed by atoms with van der Waals surface area (Å²) in [5.41, 5.74) is 1.01. The summed E-state index contributed by atoms with van der Waals surface area (Å²) < 4.78 is 5.27. The molecule has 1 aromatic carbocycles. The maximum Gasteiger partial charge on any atom is 0.226 e. The molecule has 2 aliphatic rings. The van der Waals surface area contributed by atoms with Crippen molar-refractivity contribution in [2.24, 2.45) is 5.92 Å². The fraction of sp³-hybridized carbons (Fsp3) is 0.652. The molecule has 0 spiro atoms. The van der Waals surface area contributed by atoms with Gasteiger partial charge in [0.1, 0.15) is 5.75 Å². The Hall–Kier alpha value is -2.08. The number of nitrogens with zero attached hydrogens (tertiary/aromatic N) is 2. The van der Waals surface area contributed by atoms with E-state index in [2.05, 4.69) is 24.1 Å². The molecule has 0 radical (unpaired) electrons. The van der Waals surface area contributed by atoms with Crippen molar-refractivity contribution in [2.75, 3.05) is 33.3 Å². The van der Waals surface area contributed by atoms with Gasteiger partial charge in [-0.25, -0.2) is 0 Å². The number of ether oxygens (including phenoxy) is 1. The lowest BCUT2D eigenvalue weighted by molar-refractivity contribution is -0.129. The van der Waals surface area contributed by atoms with E-state index in [9.17, 15) is 9.59 Å². The average molecular weight is 402 g/mol. The highest BCUT2D eigenvalue weighted by atomic mass is 16.5. The predicted octanol–water partition coefficient (Wildman–Crippen LogP) is 2.99. The van der Waals surface area contributed by atoms with E-state index < -0.39 is 0 Å². The molecule has 0 bridgehead atoms. The zero-order valence-corrected chi connectivity index (χ0v) is 18.0. The van der Waals surface area contributed by atoms with Gasteiger partial charge in [0.25, 0.3) is 0 Å². The quantitative estimate of drug-likeness (QED) is 0.727. The topological polar surface area (TPSA) is 61.9 Å². The van der Waals surface area contributed by atoms with E-state index in [-0.39, 0.29) is 29.8 Å². The Kier molecular flexibility index (Phi) is 7.53. The molecule has 1 aromatic rings. The minimum Gasteiger partial charge on any atom is -0.497 e. The summed E-state index contributed by atoms with van der Waals surface area (Å²) in [6.45, 7) is 8.10. The molecule has 1 N–H and O–H groups in total. The number of unbranched alkanes of at least 4 members (excludes halogenated alkanes) is 1. The molecule has 2 aliphatic heterocycles. The van der Waals surface area contributed by atoms with Gasteiger partial charge in [0.05, 0.1) is 19.1 Å². The van der Waals surface area contributed by atoms with Crippen LogP contribution in [0.2, 0.25) is 0 Å². The molecule has 3 rings (SSSR count). The summed E-state index contributed by atoms with van der Waals surface area (Å²) in [6.07, 6.45) is 4.22. The van der Waals surface area contributed by atoms with Crippen LogP contribution in [0.3, 0.4) is 0 Å². The first-order chi connectivity index (χ1) is 14.1. The third-order valence-electron chi connectivity index (χ3n) is 6.36. The molecule has 6 heteroatoms. The highest BCUT2D eigenvalue weighted by molar-refractivity contribution is 5.90. The Balaban J connectivity index is 1.75. The fourth-order valence-electron chi connectivity index (χ4n) is 4.53. The number of carbonyl (C=O) groups excluding carboxylic acids is 2. The number of benzene rings is 1. The van der Waals surface area contributed by atoms with Gasteiger partial charge >= 0.3 is 0 Å². The molecule has 6 nitrogen and oxygen atoms in total. The molecule has 0 saturated carbocycles. The van der Waals surface area contributed by atoms with Crippen LogP contribution in [0, 0.1) is 5.92 Å². The van der Waals surface area contributed by atoms with Crippen molar-refractivity contribution in [3.05, 3.63) is 29.8 Å². The maximum atomic E-state index is 13.2. The van der Waals surface area contributed by atoms with Crippen molar-refractivity contribution >= 4 is 11.8 Å². The number of hydrogen-bond donors (Lipinski definition) is 1. The maximum absolute atomic E-state index is 13.2. The standard InChI is InChI=1S/C23H35N3O3/c1-4-6-13-26-21(27)16-20(22(26)17-7-9-19(29-3)10-8-17)23(28)24-18-11-14-25(5-2)15-12-18/h7-10,18,20,22H,4-6,11-16H2,1-3H3,(H,24,28). The van der Waals surface area contributed by atoms with E-state index in [0.717, 1.165) is 56.6 Å². The van der Waals surface area contributed by atoms with Gasteiger partial charge in [0, 0.05) is 32.1 Å². The molecule has 160 valence electrons. The lowest BCUT2D eigenvalue weighted by atomic mass is 9.91. The van der Waals surface area contributed by atoms with Gasteiger partial charge in [-0.3, -0.25) is 9.59 Å². The Morgan fingerprint density at radius 2 is 1.86 bits per heavy atom. The highest BCUT2D eigenvalue weighted by Crippen LogP contribution is 2.39. The van der Waals surface area contributed by atoms with Gasteiger partial charge in [-0.2, -0.15) is 0 Å². The third kappa shape index (κ3) is 5.10. The van der Waals surface area contributed by atoms with Gasteiger partial charge in [-0.1, -0.05) is 32.4 Å². The van der Waals surface area contributed by atoms with Crippen LogP contribution in [0.25, 0.3) is 0 Å². The normalized spacial score (nSPS) is 23.4. The first-order valence-corrected chi connectivity index (χ1v) is 11.0. The number of amides is 2. The summed E-state index contributed by atoms with van der Waals surface area (Å²) in [5, 5.41) is 3.26. The molecule has 2 heterocycles. The molecule has 2 saturated heterocycles. The van der Waals surface area contributed by atoms with E-state index in [1.54, 1.807) is 7.11 Å². The minimum absolute atomic E-state index is 0.0214. The van der Waals surface area contributed by atoms with E-state index in [4.69, 9.17) is 4.74 Å². The van der Waals surface area contributed by atoms with Crippen LogP contribution in [-0.4, -0.2) is 60.9 Å². The fourth-order valence-corrected chi connectivity index (χ4v) is 4.53. The van der Waals surface area contributed by atoms with Crippen molar-refractivity contribution in [1.29, 1.82) is 0 Å². The first-order valence-electron chi connectivity index (χ1n) is 11.0. The third-order valence-corrected chi connectivity index (χ3v) is 6.36. The number of methoxy groups -OCH3 is 1. The van der Waals surface area contributed by atoms with Crippen molar-refractivity contribution in [2.45, 2.75) is 58.0 Å². The average Bonchev–Trinajstić information content (AvgIpc) is 3.09. The molecule has 2 atom stereocenters. The predicted molar refractivity (Wildman–Crippen MR) is 114 cm³/mol. The summed E-state index contributed by atoms with van der Waals surface area (Å²) >= 11 is 0. The van der Waals surface area contributed by atoms with E-state index in [0.29, 0.717) is 13.0 Å². The van der Waals surface area contributed by atoms with Gasteiger partial charge in [-0.15, -0.1) is 0 Å². The summed E-state index contributed by atoms with van der Waals surface area (Å²) in [6, 6.07) is 7.80. The van der Waals surface area contributed by atoms with Crippen LogP contribution in [-0.2, 0) is 9.59 Å². The monoisotopic (exact) mass is 401 g/mol. The lowest BCUT2D eigenvalue weighted by Gasteiger charge is -2.33. The number of carbonyl (C=O) groups is 2. The molecular formula is C23H35N3O3. The number of likely N-dealkylation sites (tertiary alicyclic amines) is 2. The lowest BCUT2D eigenvalue weighted by Crippen LogP contribution is -2.47. The Morgan fingerprint density at radius 3 is 2.45 bits per heavy atom. The number of hydrogen-bond acceptors (Lipinski definition) is 4. The molecule has 0 aliphatic carbocycles. The summed E-state index contributed by atoms with van der Waals surface area (Å²) in [7, 11) is 1.64. The number of nitrogens with one attached hydrogen (secondary N) is 1. The second-order valence-corrected chi connectivity index (χ2v) is 8.19. The molecular weight excluding hydrogens is 366 g/mol.